The molecule has 0 saturated heterocycles. The second-order valence-corrected chi connectivity index (χ2v) is 5.25. The Bertz CT molecular complexity index is 552. The second kappa shape index (κ2) is 4.28. The predicted molar refractivity (Wildman–Crippen MR) is 68.1 cm³/mol. The van der Waals surface area contributed by atoms with Crippen LogP contribution in [0.3, 0.4) is 0 Å². The van der Waals surface area contributed by atoms with E-state index in [-0.39, 0.29) is 39.6 Å². The molecule has 0 aromatic heterocycles. The summed E-state index contributed by atoms with van der Waals surface area (Å²) >= 11 is 6.05. The summed E-state index contributed by atoms with van der Waals surface area (Å²) in [6.07, 6.45) is 0. The molecule has 1 aliphatic rings. The Morgan fingerprint density at radius 2 is 1.94 bits per heavy atom. The normalized spacial score (nSPS) is 14.6. The van der Waals surface area contributed by atoms with Crippen LogP contribution in [0, 0.1) is 12.8 Å². The molecule has 2 rings (SSSR count). The monoisotopic (exact) mass is 267 g/mol. The van der Waals surface area contributed by atoms with E-state index in [1.54, 1.807) is 6.92 Å². The quantitative estimate of drug-likeness (QED) is 0.838. The first-order chi connectivity index (χ1) is 8.34. The van der Waals surface area contributed by atoms with Gasteiger partial charge < -0.3 is 5.11 Å². The summed E-state index contributed by atoms with van der Waals surface area (Å²) in [6.45, 7) is 5.81. The summed E-state index contributed by atoms with van der Waals surface area (Å²) in [5, 5.41) is 9.83. The number of hydrogen-bond acceptors (Lipinski definition) is 3. The fraction of sp³-hybridized carbons (Fsp3) is 0.385. The molecule has 0 fully saturated rings. The third-order valence-electron chi connectivity index (χ3n) is 2.97. The van der Waals surface area contributed by atoms with Crippen LogP contribution in [0.2, 0.25) is 5.02 Å². The summed E-state index contributed by atoms with van der Waals surface area (Å²) in [4.78, 5) is 25.4. The number of rotatable bonds is 2. The maximum Gasteiger partial charge on any atom is 0.263 e. The number of nitrogens with zero attached hydrogens (tertiary/aromatic N) is 1. The van der Waals surface area contributed by atoms with E-state index in [2.05, 4.69) is 0 Å². The van der Waals surface area contributed by atoms with Gasteiger partial charge in [-0.05, 0) is 18.9 Å². The zero-order valence-electron chi connectivity index (χ0n) is 10.5. The van der Waals surface area contributed by atoms with E-state index in [0.717, 1.165) is 0 Å². The van der Waals surface area contributed by atoms with Crippen LogP contribution < -0.4 is 0 Å². The van der Waals surface area contributed by atoms with Gasteiger partial charge in [0.2, 0.25) is 0 Å². The topological polar surface area (TPSA) is 57.6 Å². The Kier molecular flexibility index (Phi) is 3.07. The molecule has 1 N–H and O–H groups in total. The number of benzene rings is 1. The molecule has 0 saturated carbocycles. The third kappa shape index (κ3) is 1.77. The molecule has 1 aromatic rings. The second-order valence-electron chi connectivity index (χ2n) is 4.87. The summed E-state index contributed by atoms with van der Waals surface area (Å²) < 4.78 is 0. The molecule has 1 aromatic carbocycles. The highest BCUT2D eigenvalue weighted by Gasteiger charge is 2.38. The average Bonchev–Trinajstić information content (AvgIpc) is 2.51. The number of hydrogen-bond donors (Lipinski definition) is 1. The summed E-state index contributed by atoms with van der Waals surface area (Å²) in [7, 11) is 0. The Balaban J connectivity index is 2.56. The number of phenolic OH excluding ortho intramolecular Hbond substituents is 1. The van der Waals surface area contributed by atoms with Crippen molar-refractivity contribution >= 4 is 23.4 Å². The third-order valence-corrected chi connectivity index (χ3v) is 3.44. The van der Waals surface area contributed by atoms with Crippen LogP contribution >= 0.6 is 11.6 Å². The standard InChI is InChI=1S/C13H14ClNO3/c1-6(2)5-15-12(17)8-4-9(16)7(3)11(14)10(8)13(15)18/h4,6,16H,5H2,1-3H3. The van der Waals surface area contributed by atoms with Crippen molar-refractivity contribution in [3.05, 3.63) is 27.8 Å². The molecule has 0 aliphatic carbocycles. The lowest BCUT2D eigenvalue weighted by Crippen LogP contribution is -2.33. The van der Waals surface area contributed by atoms with Gasteiger partial charge in [0, 0.05) is 12.1 Å². The van der Waals surface area contributed by atoms with Crippen LogP contribution in [0.5, 0.6) is 5.75 Å². The number of fused-ring (bicyclic) bond motifs is 1. The molecule has 0 spiro atoms. The van der Waals surface area contributed by atoms with Crippen LogP contribution in [-0.4, -0.2) is 28.4 Å². The molecule has 2 amide bonds. The van der Waals surface area contributed by atoms with Gasteiger partial charge in [0.1, 0.15) is 5.75 Å². The maximum atomic E-state index is 12.2. The van der Waals surface area contributed by atoms with E-state index in [9.17, 15) is 14.7 Å². The van der Waals surface area contributed by atoms with Gasteiger partial charge in [-0.25, -0.2) is 0 Å². The van der Waals surface area contributed by atoms with Crippen LogP contribution in [0.4, 0.5) is 0 Å². The van der Waals surface area contributed by atoms with Crippen molar-refractivity contribution in [1.82, 2.24) is 4.90 Å². The van der Waals surface area contributed by atoms with E-state index in [4.69, 9.17) is 11.6 Å². The van der Waals surface area contributed by atoms with Crippen molar-refractivity contribution in [1.29, 1.82) is 0 Å². The largest absolute Gasteiger partial charge is 0.508 e. The fourth-order valence-electron chi connectivity index (χ4n) is 2.02. The number of amides is 2. The van der Waals surface area contributed by atoms with Crippen molar-refractivity contribution in [2.45, 2.75) is 20.8 Å². The molecule has 96 valence electrons. The van der Waals surface area contributed by atoms with E-state index < -0.39 is 0 Å². The Labute approximate surface area is 110 Å². The highest BCUT2D eigenvalue weighted by molar-refractivity contribution is 6.38. The molecule has 1 heterocycles. The smallest absolute Gasteiger partial charge is 0.263 e. The number of phenols is 1. The first-order valence-corrected chi connectivity index (χ1v) is 6.10. The molecule has 1 aliphatic heterocycles. The molecular formula is C13H14ClNO3. The Hall–Kier alpha value is -1.55. The van der Waals surface area contributed by atoms with Crippen molar-refractivity contribution in [3.8, 4) is 5.75 Å². The molecule has 0 radical (unpaired) electrons. The van der Waals surface area contributed by atoms with E-state index in [1.165, 1.54) is 11.0 Å². The zero-order chi connectivity index (χ0) is 13.6. The summed E-state index contributed by atoms with van der Waals surface area (Å²) in [6, 6.07) is 1.32. The lowest BCUT2D eigenvalue weighted by Gasteiger charge is -2.15. The molecule has 5 heteroatoms. The number of halogens is 1. The lowest BCUT2D eigenvalue weighted by atomic mass is 10.1. The van der Waals surface area contributed by atoms with Gasteiger partial charge in [0.05, 0.1) is 16.1 Å². The first-order valence-electron chi connectivity index (χ1n) is 5.72. The van der Waals surface area contributed by atoms with Gasteiger partial charge >= 0.3 is 0 Å². The fourth-order valence-corrected chi connectivity index (χ4v) is 2.30. The Morgan fingerprint density at radius 1 is 1.33 bits per heavy atom. The van der Waals surface area contributed by atoms with Crippen LogP contribution in [0.25, 0.3) is 0 Å². The van der Waals surface area contributed by atoms with Crippen LogP contribution in [0.1, 0.15) is 40.1 Å². The van der Waals surface area contributed by atoms with Gasteiger partial charge in [-0.2, -0.15) is 0 Å². The first kappa shape index (κ1) is 12.9. The van der Waals surface area contributed by atoms with E-state index in [1.807, 2.05) is 13.8 Å². The predicted octanol–water partition coefficient (Wildman–Crippen LogP) is 2.61. The molecule has 0 bridgehead atoms. The molecule has 18 heavy (non-hydrogen) atoms. The minimum atomic E-state index is -0.388. The van der Waals surface area contributed by atoms with Crippen molar-refractivity contribution in [3.63, 3.8) is 0 Å². The van der Waals surface area contributed by atoms with Crippen molar-refractivity contribution < 1.29 is 14.7 Å². The minimum absolute atomic E-state index is 0.0636. The van der Waals surface area contributed by atoms with Gasteiger partial charge in [-0.1, -0.05) is 25.4 Å². The molecule has 4 nitrogen and oxygen atoms in total. The highest BCUT2D eigenvalue weighted by Crippen LogP contribution is 2.36. The van der Waals surface area contributed by atoms with Gasteiger partial charge in [-0.3, -0.25) is 14.5 Å². The number of carbonyl (C=O) groups is 2. The number of aromatic hydroxyl groups is 1. The van der Waals surface area contributed by atoms with Gasteiger partial charge in [0.15, 0.2) is 0 Å². The minimum Gasteiger partial charge on any atom is -0.508 e. The molecule has 0 unspecified atom stereocenters. The van der Waals surface area contributed by atoms with Crippen molar-refractivity contribution in [2.24, 2.45) is 5.92 Å². The maximum absolute atomic E-state index is 12.2. The zero-order valence-corrected chi connectivity index (χ0v) is 11.2. The summed E-state index contributed by atoms with van der Waals surface area (Å²) in [5.41, 5.74) is 0.814. The molecular weight excluding hydrogens is 254 g/mol. The van der Waals surface area contributed by atoms with Gasteiger partial charge in [0.25, 0.3) is 11.8 Å². The van der Waals surface area contributed by atoms with Crippen LogP contribution in [0.15, 0.2) is 6.07 Å². The number of imide groups is 1. The van der Waals surface area contributed by atoms with E-state index in [0.29, 0.717) is 12.1 Å². The Morgan fingerprint density at radius 3 is 2.50 bits per heavy atom. The van der Waals surface area contributed by atoms with Crippen LogP contribution in [-0.2, 0) is 0 Å². The number of carbonyl (C=O) groups excluding carboxylic acids is 2. The van der Waals surface area contributed by atoms with Crippen molar-refractivity contribution in [2.75, 3.05) is 6.54 Å². The highest BCUT2D eigenvalue weighted by atomic mass is 35.5. The molecule has 0 atom stereocenters. The lowest BCUT2D eigenvalue weighted by molar-refractivity contribution is 0.0636. The SMILES string of the molecule is Cc1c(O)cc2c(c1Cl)C(=O)N(CC(C)C)C2=O. The summed E-state index contributed by atoms with van der Waals surface area (Å²) in [5.74, 6) is -0.648. The average molecular weight is 268 g/mol. The van der Waals surface area contributed by atoms with E-state index >= 15 is 0 Å². The van der Waals surface area contributed by atoms with Gasteiger partial charge in [-0.15, -0.1) is 0 Å².